The molecule has 1 aromatic carbocycles. The summed E-state index contributed by atoms with van der Waals surface area (Å²) in [5.41, 5.74) is -0.0940. The molecule has 4 nitrogen and oxygen atoms in total. The van der Waals surface area contributed by atoms with E-state index in [9.17, 15) is 8.42 Å². The van der Waals surface area contributed by atoms with Gasteiger partial charge in [-0.3, -0.25) is 0 Å². The van der Waals surface area contributed by atoms with Gasteiger partial charge in [-0.25, -0.2) is 13.1 Å². The first-order valence-electron chi connectivity index (χ1n) is 6.89. The molecule has 1 aliphatic rings. The Kier molecular flexibility index (Phi) is 5.21. The molecule has 1 aromatic rings. The molecule has 1 fully saturated rings. The highest BCUT2D eigenvalue weighted by molar-refractivity contribution is 7.89. The summed E-state index contributed by atoms with van der Waals surface area (Å²) in [5, 5.41) is 0.582. The Hall–Kier alpha value is -0.330. The summed E-state index contributed by atoms with van der Waals surface area (Å²) in [6.45, 7) is 0.405. The third kappa shape index (κ3) is 3.71. The number of benzene rings is 1. The Labute approximate surface area is 136 Å². The van der Waals surface area contributed by atoms with E-state index in [1.54, 1.807) is 0 Å². The quantitative estimate of drug-likeness (QED) is 0.887. The van der Waals surface area contributed by atoms with Crippen LogP contribution in [0, 0.1) is 0 Å². The number of hydrogen-bond acceptors (Lipinski definition) is 3. The highest BCUT2D eigenvalue weighted by atomic mass is 35.5. The van der Waals surface area contributed by atoms with Gasteiger partial charge in [-0.1, -0.05) is 36.0 Å². The number of nitrogens with one attached hydrogen (secondary N) is 1. The van der Waals surface area contributed by atoms with Crippen molar-refractivity contribution in [1.29, 1.82) is 0 Å². The fraction of sp³-hybridized carbons (Fsp3) is 0.571. The van der Waals surface area contributed by atoms with E-state index in [1.807, 2.05) is 14.1 Å². The third-order valence-corrected chi connectivity index (χ3v) is 6.41. The number of likely N-dealkylation sites (N-methyl/N-ethyl adjacent to an activating group) is 1. The van der Waals surface area contributed by atoms with Gasteiger partial charge in [-0.15, -0.1) is 0 Å². The highest BCUT2D eigenvalue weighted by Gasteiger charge is 2.37. The largest absolute Gasteiger partial charge is 0.302 e. The smallest absolute Gasteiger partial charge is 0.240 e. The molecule has 0 atom stereocenters. The van der Waals surface area contributed by atoms with Crippen molar-refractivity contribution in [2.45, 2.75) is 36.1 Å². The summed E-state index contributed by atoms with van der Waals surface area (Å²) in [6, 6.07) is 4.34. The molecular weight excluding hydrogens is 331 g/mol. The molecule has 0 saturated heterocycles. The summed E-state index contributed by atoms with van der Waals surface area (Å²) >= 11 is 11.7. The molecule has 0 amide bonds. The molecule has 0 heterocycles. The van der Waals surface area contributed by atoms with Crippen molar-refractivity contribution < 1.29 is 8.42 Å². The van der Waals surface area contributed by atoms with Crippen LogP contribution in [0.5, 0.6) is 0 Å². The molecule has 0 unspecified atom stereocenters. The fourth-order valence-electron chi connectivity index (χ4n) is 2.77. The topological polar surface area (TPSA) is 49.4 Å². The van der Waals surface area contributed by atoms with Gasteiger partial charge in [-0.2, -0.15) is 0 Å². The minimum absolute atomic E-state index is 0.0940. The summed E-state index contributed by atoms with van der Waals surface area (Å²) in [7, 11) is 0.419. The van der Waals surface area contributed by atoms with Crippen LogP contribution in [0.4, 0.5) is 0 Å². The first kappa shape index (κ1) is 17.0. The molecule has 0 aliphatic heterocycles. The van der Waals surface area contributed by atoms with Crippen molar-refractivity contribution in [2.24, 2.45) is 0 Å². The molecule has 0 bridgehead atoms. The van der Waals surface area contributed by atoms with Crippen LogP contribution in [0.15, 0.2) is 23.1 Å². The molecule has 2 rings (SSSR count). The van der Waals surface area contributed by atoms with Crippen molar-refractivity contribution >= 4 is 33.2 Å². The lowest BCUT2D eigenvalue weighted by Gasteiger charge is -2.36. The minimum atomic E-state index is -3.58. The van der Waals surface area contributed by atoms with Crippen molar-refractivity contribution in [3.8, 4) is 0 Å². The van der Waals surface area contributed by atoms with E-state index in [2.05, 4.69) is 9.62 Å². The summed E-state index contributed by atoms with van der Waals surface area (Å²) in [5.74, 6) is 0. The van der Waals surface area contributed by atoms with Crippen LogP contribution in [-0.2, 0) is 10.0 Å². The third-order valence-electron chi connectivity index (χ3n) is 4.28. The van der Waals surface area contributed by atoms with Gasteiger partial charge >= 0.3 is 0 Å². The first-order valence-corrected chi connectivity index (χ1v) is 9.13. The van der Waals surface area contributed by atoms with E-state index in [0.29, 0.717) is 11.6 Å². The molecule has 0 aromatic heterocycles. The van der Waals surface area contributed by atoms with Crippen molar-refractivity contribution in [3.63, 3.8) is 0 Å². The Balaban J connectivity index is 2.15. The van der Waals surface area contributed by atoms with Gasteiger partial charge in [-0.05, 0) is 45.1 Å². The van der Waals surface area contributed by atoms with Crippen LogP contribution in [0.3, 0.4) is 0 Å². The molecule has 1 N–H and O–H groups in total. The van der Waals surface area contributed by atoms with E-state index in [4.69, 9.17) is 23.2 Å². The van der Waals surface area contributed by atoms with Crippen LogP contribution in [0.2, 0.25) is 10.0 Å². The normalized spacial score (nSPS) is 18.3. The Morgan fingerprint density at radius 1 is 1.19 bits per heavy atom. The van der Waals surface area contributed by atoms with Gasteiger partial charge in [0.25, 0.3) is 0 Å². The van der Waals surface area contributed by atoms with Gasteiger partial charge in [0.2, 0.25) is 10.0 Å². The van der Waals surface area contributed by atoms with Crippen molar-refractivity contribution in [3.05, 3.63) is 28.2 Å². The minimum Gasteiger partial charge on any atom is -0.302 e. The monoisotopic (exact) mass is 350 g/mol. The zero-order chi connectivity index (χ0) is 15.7. The Bertz CT molecular complexity index is 611. The molecule has 1 aliphatic carbocycles. The molecule has 1 saturated carbocycles. The molecule has 118 valence electrons. The molecule has 0 radical (unpaired) electrons. The number of hydrogen-bond donors (Lipinski definition) is 1. The number of rotatable bonds is 5. The standard InChI is InChI=1S/C14H20Cl2N2O2S/c1-18(2)14(7-3-4-8-14)10-17-21(19,20)11-5-6-12(15)13(16)9-11/h5-6,9,17H,3-4,7-8,10H2,1-2H3. The van der Waals surface area contributed by atoms with Crippen molar-refractivity contribution in [1.82, 2.24) is 9.62 Å². The average molecular weight is 351 g/mol. The van der Waals surface area contributed by atoms with E-state index >= 15 is 0 Å². The first-order chi connectivity index (χ1) is 9.77. The van der Waals surface area contributed by atoms with E-state index in [-0.39, 0.29) is 15.5 Å². The predicted molar refractivity (Wildman–Crippen MR) is 86.5 cm³/mol. The second-order valence-corrected chi connectivity index (χ2v) is 8.31. The van der Waals surface area contributed by atoms with E-state index in [0.717, 1.165) is 25.7 Å². The van der Waals surface area contributed by atoms with Crippen LogP contribution in [0.1, 0.15) is 25.7 Å². The summed E-state index contributed by atoms with van der Waals surface area (Å²) in [4.78, 5) is 2.26. The lowest BCUT2D eigenvalue weighted by atomic mass is 9.97. The van der Waals surface area contributed by atoms with E-state index < -0.39 is 10.0 Å². The van der Waals surface area contributed by atoms with Crippen LogP contribution < -0.4 is 4.72 Å². The maximum absolute atomic E-state index is 12.4. The van der Waals surface area contributed by atoms with Gasteiger partial charge in [0, 0.05) is 12.1 Å². The zero-order valence-corrected chi connectivity index (χ0v) is 14.5. The fourth-order valence-corrected chi connectivity index (χ4v) is 4.28. The lowest BCUT2D eigenvalue weighted by Crippen LogP contribution is -2.50. The Morgan fingerprint density at radius 3 is 2.33 bits per heavy atom. The van der Waals surface area contributed by atoms with Gasteiger partial charge in [0.1, 0.15) is 0 Å². The second-order valence-electron chi connectivity index (χ2n) is 5.73. The molecule has 7 heteroatoms. The van der Waals surface area contributed by atoms with Crippen LogP contribution >= 0.6 is 23.2 Å². The summed E-state index contributed by atoms with van der Waals surface area (Å²) < 4.78 is 27.5. The lowest BCUT2D eigenvalue weighted by molar-refractivity contribution is 0.162. The summed E-state index contributed by atoms with van der Waals surface area (Å²) in [6.07, 6.45) is 4.27. The number of halogens is 2. The zero-order valence-electron chi connectivity index (χ0n) is 12.2. The Morgan fingerprint density at radius 2 is 1.81 bits per heavy atom. The second kappa shape index (κ2) is 6.42. The maximum atomic E-state index is 12.4. The SMILES string of the molecule is CN(C)C1(CNS(=O)(=O)c2ccc(Cl)c(Cl)c2)CCCC1. The number of nitrogens with zero attached hydrogens (tertiary/aromatic N) is 1. The van der Waals surface area contributed by atoms with E-state index in [1.165, 1.54) is 18.2 Å². The average Bonchev–Trinajstić information content (AvgIpc) is 2.90. The van der Waals surface area contributed by atoms with Gasteiger partial charge < -0.3 is 4.90 Å². The predicted octanol–water partition coefficient (Wildman–Crippen LogP) is 3.15. The van der Waals surface area contributed by atoms with Crippen LogP contribution in [0.25, 0.3) is 0 Å². The molecule has 21 heavy (non-hydrogen) atoms. The van der Waals surface area contributed by atoms with Crippen molar-refractivity contribution in [2.75, 3.05) is 20.6 Å². The van der Waals surface area contributed by atoms with Gasteiger partial charge in [0.05, 0.1) is 14.9 Å². The maximum Gasteiger partial charge on any atom is 0.240 e. The highest BCUT2D eigenvalue weighted by Crippen LogP contribution is 2.33. The molecular formula is C14H20Cl2N2O2S. The number of sulfonamides is 1. The van der Waals surface area contributed by atoms with Gasteiger partial charge in [0.15, 0.2) is 0 Å². The molecule has 0 spiro atoms. The van der Waals surface area contributed by atoms with Crippen LogP contribution in [-0.4, -0.2) is 39.5 Å².